The molecule has 10 aliphatic carbocycles. The maximum Gasteiger partial charge on any atom is 0.331 e. The van der Waals surface area contributed by atoms with Crippen LogP contribution in [0.4, 0.5) is 0 Å². The summed E-state index contributed by atoms with van der Waals surface area (Å²) in [5, 5.41) is 53.4. The number of guanidine groups is 1. The Labute approximate surface area is 363 Å². The van der Waals surface area contributed by atoms with Gasteiger partial charge in [0.2, 0.25) is 0 Å². The highest BCUT2D eigenvalue weighted by Gasteiger charge is 2.89. The predicted octanol–water partition coefficient (Wildman–Crippen LogP) is 6.45. The number of nitrogens with two attached hydrogens (primary N) is 2. The van der Waals surface area contributed by atoms with Crippen LogP contribution in [0.2, 0.25) is 0 Å². The largest absolute Gasteiger partial charge is 0.478 e. The van der Waals surface area contributed by atoms with Crippen molar-refractivity contribution in [2.45, 2.75) is 116 Å². The molecule has 0 saturated heterocycles. The van der Waals surface area contributed by atoms with Gasteiger partial charge in [0.25, 0.3) is 0 Å². The number of nitrogens with zero attached hydrogens (tertiary/aromatic N) is 1. The van der Waals surface area contributed by atoms with E-state index in [2.05, 4.69) is 39.8 Å². The van der Waals surface area contributed by atoms with E-state index in [1.807, 2.05) is 68.5 Å². The van der Waals surface area contributed by atoms with E-state index in [0.29, 0.717) is 60.0 Å². The van der Waals surface area contributed by atoms with E-state index in [1.165, 1.54) is 0 Å². The van der Waals surface area contributed by atoms with Crippen molar-refractivity contribution in [3.63, 3.8) is 0 Å². The molecule has 1 aromatic carbocycles. The van der Waals surface area contributed by atoms with Gasteiger partial charge in [0.05, 0.1) is 5.54 Å². The van der Waals surface area contributed by atoms with Crippen molar-refractivity contribution in [2.24, 2.45) is 73.1 Å². The van der Waals surface area contributed by atoms with Crippen LogP contribution in [0.25, 0.3) is 6.08 Å². The van der Waals surface area contributed by atoms with Crippen LogP contribution in [0.3, 0.4) is 0 Å². The van der Waals surface area contributed by atoms with Crippen LogP contribution >= 0.6 is 0 Å². The first kappa shape index (κ1) is 40.2. The number of fused-ring (bicyclic) bond motifs is 3. The Morgan fingerprint density at radius 2 is 1.66 bits per heavy atom. The predicted molar refractivity (Wildman–Crippen MR) is 235 cm³/mol. The number of carbonyl (C=O) groups excluding carboxylic acids is 2. The summed E-state index contributed by atoms with van der Waals surface area (Å²) >= 11 is 0. The highest BCUT2D eigenvalue weighted by molar-refractivity contribution is 6.02. The highest BCUT2D eigenvalue weighted by atomic mass is 16.4. The van der Waals surface area contributed by atoms with Gasteiger partial charge in [0, 0.05) is 63.4 Å². The fourth-order valence-electron chi connectivity index (χ4n) is 17.7. The first-order valence-corrected chi connectivity index (χ1v) is 22.6. The first-order valence-electron chi connectivity index (χ1n) is 22.6. The van der Waals surface area contributed by atoms with Gasteiger partial charge in [-0.05, 0) is 95.8 Å². The maximum absolute atomic E-state index is 15.9. The van der Waals surface area contributed by atoms with Crippen molar-refractivity contribution < 1.29 is 34.8 Å². The third-order valence-corrected chi connectivity index (χ3v) is 19.9. The Morgan fingerprint density at radius 3 is 2.34 bits per heavy atom. The molecule has 10 nitrogen and oxygen atoms in total. The van der Waals surface area contributed by atoms with Crippen LogP contribution in [-0.4, -0.2) is 66.3 Å². The smallest absolute Gasteiger partial charge is 0.331 e. The number of benzene rings is 1. The molecule has 0 aromatic heterocycles. The Balaban J connectivity index is 1.28. The van der Waals surface area contributed by atoms with E-state index in [4.69, 9.17) is 16.5 Å². The summed E-state index contributed by atoms with van der Waals surface area (Å²) in [5.74, 6) is -4.33. The summed E-state index contributed by atoms with van der Waals surface area (Å²) in [6.45, 7) is 14.0. The number of ketones is 2. The number of hydrogen-bond acceptors (Lipinski definition) is 7. The van der Waals surface area contributed by atoms with Gasteiger partial charge in [-0.1, -0.05) is 108 Å². The van der Waals surface area contributed by atoms with E-state index < -0.39 is 85.0 Å². The van der Waals surface area contributed by atoms with Crippen LogP contribution in [0.5, 0.6) is 0 Å². The van der Waals surface area contributed by atoms with E-state index >= 15 is 4.79 Å². The third kappa shape index (κ3) is 3.92. The topological polar surface area (TPSA) is 197 Å². The SMILES string of the molecule is C/C(C(=O)O)=C1/CC[C@]2(N=C(N)N)C=C[C@]34[C@H](C)[C@@H]2[C@@]1(O)C1=CCC2=C1[C@H]3[C@@]1(O)C(=C[C@]3(O)C5=C(C(=O)C[C@@]4(C)[C@]51C)[C@@]1(C)CCC(=O)C(C)(C)[C@H]1[C@H]3/C=C/c1ccccc1)C2. The average molecular weight is 838 g/mol. The van der Waals surface area contributed by atoms with Crippen LogP contribution in [0.1, 0.15) is 99.0 Å². The second-order valence-corrected chi connectivity index (χ2v) is 22.1. The van der Waals surface area contributed by atoms with Gasteiger partial charge < -0.3 is 31.9 Å². The Kier molecular flexibility index (Phi) is 7.47. The van der Waals surface area contributed by atoms with E-state index in [0.717, 1.165) is 16.7 Å². The fourth-order valence-corrected chi connectivity index (χ4v) is 17.7. The molecule has 4 fully saturated rings. The molecule has 13 atom stereocenters. The second kappa shape index (κ2) is 11.5. The first-order chi connectivity index (χ1) is 29.0. The molecule has 4 saturated carbocycles. The molecule has 0 aliphatic heterocycles. The van der Waals surface area contributed by atoms with Crippen LogP contribution in [0.15, 0.2) is 110 Å². The average Bonchev–Trinajstić information content (AvgIpc) is 3.65. The molecule has 0 unspecified atom stereocenters. The fraction of sp³-hybridized carbons (Fsp3) is 0.538. The number of aliphatic carboxylic acids is 1. The lowest BCUT2D eigenvalue weighted by Crippen LogP contribution is -2.71. The van der Waals surface area contributed by atoms with Gasteiger partial charge >= 0.3 is 5.97 Å². The van der Waals surface area contributed by atoms with Gasteiger partial charge in [-0.25, -0.2) is 9.79 Å². The molecule has 8 N–H and O–H groups in total. The minimum absolute atomic E-state index is 0.0549. The zero-order valence-electron chi connectivity index (χ0n) is 36.8. The molecular formula is C52H59N3O7. The number of carboxylic acid groups (broad SMARTS) is 1. The highest BCUT2D eigenvalue weighted by Crippen LogP contribution is 2.89. The van der Waals surface area contributed by atoms with E-state index in [-0.39, 0.29) is 35.9 Å². The number of allylic oxidation sites excluding steroid dienone is 4. The van der Waals surface area contributed by atoms with Gasteiger partial charge in [-0.2, -0.15) is 0 Å². The molecule has 1 aromatic rings. The van der Waals surface area contributed by atoms with Crippen molar-refractivity contribution in [3.8, 4) is 0 Å². The van der Waals surface area contributed by atoms with Crippen molar-refractivity contribution in [1.82, 2.24) is 0 Å². The standard InChI is InChI=1S/C52H59N3O7/c1-26(42(58)59)31-17-20-48(55-43(53)54)21-22-49-27(2)38(48)51(31,61)32-16-14-29-23-30-24-50(60)33(15-13-28-11-9-8-10-12-28)39-44(3,4)35(57)18-19-45(39,5)37-34(56)25-46(49,6)47(7,41(37)50)52(30,62)40(49)36(29)32/h8-13,15-16,21-22,24,27,33,38-40,60-62H,14,17-20,23,25H2,1-7H3,(H,58,59)(H4,53,54,55)/b15-13+,31-26+/t27-,33-,38+,39-,40-,45-,46+,47+,48+,49+,50-,51+,52+/m1/s1. The van der Waals surface area contributed by atoms with Crippen molar-refractivity contribution in [1.29, 1.82) is 0 Å². The lowest BCUT2D eigenvalue weighted by Gasteiger charge is -2.70. The lowest BCUT2D eigenvalue weighted by molar-refractivity contribution is -0.167. The van der Waals surface area contributed by atoms with Crippen LogP contribution in [0, 0.1) is 56.7 Å². The number of carbonyl (C=O) groups is 3. The molecule has 1 spiro atoms. The van der Waals surface area contributed by atoms with Crippen LogP contribution < -0.4 is 11.5 Å². The Hall–Kier alpha value is -4.64. The van der Waals surface area contributed by atoms with Crippen molar-refractivity contribution in [2.75, 3.05) is 0 Å². The molecule has 11 rings (SSSR count). The molecule has 2 bridgehead atoms. The molecule has 62 heavy (non-hydrogen) atoms. The third-order valence-electron chi connectivity index (χ3n) is 19.9. The number of aliphatic hydroxyl groups is 3. The second-order valence-electron chi connectivity index (χ2n) is 22.1. The van der Waals surface area contributed by atoms with Crippen LogP contribution in [-0.2, 0) is 14.4 Å². The normalized spacial score (nSPS) is 48.0. The summed E-state index contributed by atoms with van der Waals surface area (Å²) < 4.78 is 0. The van der Waals surface area contributed by atoms with Gasteiger partial charge in [-0.3, -0.25) is 9.59 Å². The molecule has 10 heteroatoms. The molecule has 10 aliphatic rings. The summed E-state index contributed by atoms with van der Waals surface area (Å²) in [4.78, 5) is 47.9. The quantitative estimate of drug-likeness (QED) is 0.0856. The molecular weight excluding hydrogens is 779 g/mol. The number of hydrogen-bond donors (Lipinski definition) is 6. The zero-order valence-corrected chi connectivity index (χ0v) is 36.8. The molecule has 0 radical (unpaired) electrons. The van der Waals surface area contributed by atoms with Gasteiger partial charge in [0.1, 0.15) is 22.6 Å². The summed E-state index contributed by atoms with van der Waals surface area (Å²) in [6.07, 6.45) is 14.4. The number of aliphatic imine (C=N–C) groups is 1. The maximum atomic E-state index is 15.9. The minimum Gasteiger partial charge on any atom is -0.478 e. The monoisotopic (exact) mass is 837 g/mol. The number of carboxylic acids is 1. The molecule has 0 heterocycles. The summed E-state index contributed by atoms with van der Waals surface area (Å²) in [6, 6.07) is 9.93. The van der Waals surface area contributed by atoms with Crippen molar-refractivity contribution in [3.05, 3.63) is 111 Å². The minimum atomic E-state index is -1.82. The molecule has 0 amide bonds. The lowest BCUT2D eigenvalue weighted by atomic mass is 9.34. The number of rotatable bonds is 4. The summed E-state index contributed by atoms with van der Waals surface area (Å²) in [7, 11) is 0. The zero-order chi connectivity index (χ0) is 44.3. The van der Waals surface area contributed by atoms with Gasteiger partial charge in [-0.15, -0.1) is 0 Å². The van der Waals surface area contributed by atoms with Gasteiger partial charge in [0.15, 0.2) is 11.7 Å². The molecule has 324 valence electrons. The number of Topliss-reactive ketones (excluding diaryl/α,β-unsaturated/α-hetero) is 2. The summed E-state index contributed by atoms with van der Waals surface area (Å²) in [5.41, 5.74) is 6.81. The van der Waals surface area contributed by atoms with Crippen molar-refractivity contribution >= 4 is 29.6 Å². The van der Waals surface area contributed by atoms with E-state index in [9.17, 15) is 30.0 Å². The Bertz CT molecular complexity index is 2640. The Morgan fingerprint density at radius 1 is 0.952 bits per heavy atom. The van der Waals surface area contributed by atoms with E-state index in [1.54, 1.807) is 6.92 Å².